The summed E-state index contributed by atoms with van der Waals surface area (Å²) in [5, 5.41) is 0. The molecule has 1 rings (SSSR count). The van der Waals surface area contributed by atoms with Crippen LogP contribution in [0, 0.1) is 19.3 Å². The lowest BCUT2D eigenvalue weighted by atomic mass is 10.2. The first kappa shape index (κ1) is 11.4. The Hall–Kier alpha value is -1.69. The third-order valence-electron chi connectivity index (χ3n) is 2.04. The van der Waals surface area contributed by atoms with Crippen LogP contribution in [0.2, 0.25) is 0 Å². The van der Waals surface area contributed by atoms with Gasteiger partial charge in [0.05, 0.1) is 12.1 Å². The van der Waals surface area contributed by atoms with Crippen LogP contribution < -0.4 is 0 Å². The molecule has 0 aliphatic carbocycles. The van der Waals surface area contributed by atoms with E-state index >= 15 is 0 Å². The Labute approximate surface area is 90.1 Å². The lowest BCUT2D eigenvalue weighted by molar-refractivity contribution is 0.0776. The SMILES string of the molecule is C#CCN(CCC)C(=O)c1coc(C)c1. The molecule has 0 aromatic carbocycles. The highest BCUT2D eigenvalue weighted by Gasteiger charge is 2.15. The summed E-state index contributed by atoms with van der Waals surface area (Å²) in [5.74, 6) is 3.15. The molecule has 0 bridgehead atoms. The summed E-state index contributed by atoms with van der Waals surface area (Å²) in [7, 11) is 0. The van der Waals surface area contributed by atoms with Gasteiger partial charge in [0, 0.05) is 6.54 Å². The molecule has 0 atom stereocenters. The van der Waals surface area contributed by atoms with Crippen LogP contribution in [0.3, 0.4) is 0 Å². The minimum atomic E-state index is -0.0633. The van der Waals surface area contributed by atoms with Crippen LogP contribution in [0.1, 0.15) is 29.5 Å². The lowest BCUT2D eigenvalue weighted by Crippen LogP contribution is -2.31. The molecule has 1 aromatic heterocycles. The van der Waals surface area contributed by atoms with E-state index in [9.17, 15) is 4.79 Å². The smallest absolute Gasteiger partial charge is 0.257 e. The number of carbonyl (C=O) groups is 1. The van der Waals surface area contributed by atoms with Gasteiger partial charge in [0.15, 0.2) is 0 Å². The third kappa shape index (κ3) is 2.88. The Morgan fingerprint density at radius 3 is 2.87 bits per heavy atom. The van der Waals surface area contributed by atoms with E-state index < -0.39 is 0 Å². The maximum absolute atomic E-state index is 11.9. The number of hydrogen-bond acceptors (Lipinski definition) is 2. The number of hydrogen-bond donors (Lipinski definition) is 0. The number of rotatable bonds is 4. The van der Waals surface area contributed by atoms with Crippen LogP contribution in [0.4, 0.5) is 0 Å². The normalized spacial score (nSPS) is 9.67. The first-order chi connectivity index (χ1) is 7.19. The van der Waals surface area contributed by atoms with Crippen molar-refractivity contribution in [2.45, 2.75) is 20.3 Å². The quantitative estimate of drug-likeness (QED) is 0.705. The standard InChI is InChI=1S/C12H15NO2/c1-4-6-13(7-5-2)12(14)11-8-10(3)15-9-11/h1,8-9H,5-7H2,2-3H3. The Morgan fingerprint density at radius 1 is 1.67 bits per heavy atom. The van der Waals surface area contributed by atoms with Gasteiger partial charge in [0.1, 0.15) is 12.0 Å². The number of nitrogens with zero attached hydrogens (tertiary/aromatic N) is 1. The van der Waals surface area contributed by atoms with Gasteiger partial charge in [-0.15, -0.1) is 6.42 Å². The van der Waals surface area contributed by atoms with Gasteiger partial charge in [-0.25, -0.2) is 0 Å². The topological polar surface area (TPSA) is 33.5 Å². The van der Waals surface area contributed by atoms with Crippen molar-refractivity contribution in [2.24, 2.45) is 0 Å². The van der Waals surface area contributed by atoms with Crippen molar-refractivity contribution >= 4 is 5.91 Å². The summed E-state index contributed by atoms with van der Waals surface area (Å²) in [4.78, 5) is 13.6. The van der Waals surface area contributed by atoms with Gasteiger partial charge in [-0.05, 0) is 19.4 Å². The molecular formula is C12H15NO2. The molecule has 0 radical (unpaired) electrons. The molecule has 15 heavy (non-hydrogen) atoms. The predicted octanol–water partition coefficient (Wildman–Crippen LogP) is 2.07. The van der Waals surface area contributed by atoms with Gasteiger partial charge in [0.25, 0.3) is 5.91 Å². The van der Waals surface area contributed by atoms with Crippen molar-refractivity contribution in [3.8, 4) is 12.3 Å². The molecule has 0 fully saturated rings. The second kappa shape index (κ2) is 5.26. The van der Waals surface area contributed by atoms with E-state index in [0.29, 0.717) is 18.7 Å². The zero-order valence-electron chi connectivity index (χ0n) is 9.12. The number of terminal acetylenes is 1. The summed E-state index contributed by atoms with van der Waals surface area (Å²) in [6, 6.07) is 1.72. The van der Waals surface area contributed by atoms with Crippen molar-refractivity contribution in [3.05, 3.63) is 23.7 Å². The molecule has 1 amide bonds. The molecular weight excluding hydrogens is 190 g/mol. The summed E-state index contributed by atoms with van der Waals surface area (Å²) >= 11 is 0. The second-order valence-electron chi connectivity index (χ2n) is 3.38. The molecule has 0 saturated carbocycles. The van der Waals surface area contributed by atoms with Crippen molar-refractivity contribution in [3.63, 3.8) is 0 Å². The Balaban J connectivity index is 2.76. The van der Waals surface area contributed by atoms with Crippen LogP contribution in [0.25, 0.3) is 0 Å². The predicted molar refractivity (Wildman–Crippen MR) is 58.5 cm³/mol. The van der Waals surface area contributed by atoms with Crippen LogP contribution >= 0.6 is 0 Å². The molecule has 0 aliphatic rings. The van der Waals surface area contributed by atoms with E-state index in [2.05, 4.69) is 5.92 Å². The third-order valence-corrected chi connectivity index (χ3v) is 2.04. The Kier molecular flexibility index (Phi) is 3.99. The summed E-state index contributed by atoms with van der Waals surface area (Å²) < 4.78 is 5.09. The summed E-state index contributed by atoms with van der Waals surface area (Å²) in [5.41, 5.74) is 0.566. The maximum atomic E-state index is 11.9. The van der Waals surface area contributed by atoms with Crippen LogP contribution in [-0.4, -0.2) is 23.9 Å². The minimum absolute atomic E-state index is 0.0633. The van der Waals surface area contributed by atoms with E-state index in [1.807, 2.05) is 13.8 Å². The second-order valence-corrected chi connectivity index (χ2v) is 3.38. The van der Waals surface area contributed by atoms with E-state index in [4.69, 9.17) is 10.8 Å². The highest BCUT2D eigenvalue weighted by Crippen LogP contribution is 2.09. The average Bonchev–Trinajstić information content (AvgIpc) is 2.63. The van der Waals surface area contributed by atoms with Gasteiger partial charge in [0.2, 0.25) is 0 Å². The Bertz CT molecular complexity index is 373. The van der Waals surface area contributed by atoms with Crippen LogP contribution in [0.5, 0.6) is 0 Å². The molecule has 0 saturated heterocycles. The van der Waals surface area contributed by atoms with Gasteiger partial charge < -0.3 is 9.32 Å². The molecule has 1 heterocycles. The van der Waals surface area contributed by atoms with Crippen LogP contribution in [-0.2, 0) is 0 Å². The molecule has 3 heteroatoms. The largest absolute Gasteiger partial charge is 0.469 e. The maximum Gasteiger partial charge on any atom is 0.257 e. The molecule has 1 aromatic rings. The fraction of sp³-hybridized carbons (Fsp3) is 0.417. The fourth-order valence-corrected chi connectivity index (χ4v) is 1.37. The average molecular weight is 205 g/mol. The highest BCUT2D eigenvalue weighted by atomic mass is 16.3. The van der Waals surface area contributed by atoms with E-state index in [0.717, 1.165) is 12.2 Å². The summed E-state index contributed by atoms with van der Waals surface area (Å²) in [6.07, 6.45) is 7.58. The lowest BCUT2D eigenvalue weighted by Gasteiger charge is -2.18. The van der Waals surface area contributed by atoms with Gasteiger partial charge >= 0.3 is 0 Å². The van der Waals surface area contributed by atoms with Gasteiger partial charge in [-0.1, -0.05) is 12.8 Å². The van der Waals surface area contributed by atoms with Crippen molar-refractivity contribution in [1.82, 2.24) is 4.90 Å². The first-order valence-corrected chi connectivity index (χ1v) is 4.97. The number of furan rings is 1. The number of amides is 1. The number of aryl methyl sites for hydroxylation is 1. The van der Waals surface area contributed by atoms with Gasteiger partial charge in [-0.3, -0.25) is 4.79 Å². The zero-order valence-corrected chi connectivity index (χ0v) is 9.12. The van der Waals surface area contributed by atoms with E-state index in [-0.39, 0.29) is 5.91 Å². The minimum Gasteiger partial charge on any atom is -0.469 e. The molecule has 0 spiro atoms. The highest BCUT2D eigenvalue weighted by molar-refractivity contribution is 5.94. The molecule has 0 aliphatic heterocycles. The molecule has 0 N–H and O–H groups in total. The number of carbonyl (C=O) groups excluding carboxylic acids is 1. The van der Waals surface area contributed by atoms with E-state index in [1.54, 1.807) is 11.0 Å². The van der Waals surface area contributed by atoms with Gasteiger partial charge in [-0.2, -0.15) is 0 Å². The molecule has 0 unspecified atom stereocenters. The van der Waals surface area contributed by atoms with Crippen molar-refractivity contribution in [1.29, 1.82) is 0 Å². The fourth-order valence-electron chi connectivity index (χ4n) is 1.37. The van der Waals surface area contributed by atoms with Crippen molar-refractivity contribution in [2.75, 3.05) is 13.1 Å². The Morgan fingerprint density at radius 2 is 2.40 bits per heavy atom. The first-order valence-electron chi connectivity index (χ1n) is 4.97. The molecule has 3 nitrogen and oxygen atoms in total. The zero-order chi connectivity index (χ0) is 11.3. The monoisotopic (exact) mass is 205 g/mol. The van der Waals surface area contributed by atoms with Crippen molar-refractivity contribution < 1.29 is 9.21 Å². The summed E-state index contributed by atoms with van der Waals surface area (Å²) in [6.45, 7) is 4.84. The van der Waals surface area contributed by atoms with E-state index in [1.165, 1.54) is 6.26 Å². The van der Waals surface area contributed by atoms with Crippen LogP contribution in [0.15, 0.2) is 16.7 Å². The molecule has 80 valence electrons.